The number of halogens is 1. The lowest BCUT2D eigenvalue weighted by Gasteiger charge is -2.35. The summed E-state index contributed by atoms with van der Waals surface area (Å²) < 4.78 is 1.81. The number of anilines is 2. The Morgan fingerprint density at radius 2 is 1.92 bits per heavy atom. The third-order valence-electron chi connectivity index (χ3n) is 7.06. The maximum absolute atomic E-state index is 9.17. The van der Waals surface area contributed by atoms with Crippen LogP contribution in [0, 0.1) is 23.2 Å². The van der Waals surface area contributed by atoms with Crippen LogP contribution in [0.25, 0.3) is 27.5 Å². The van der Waals surface area contributed by atoms with Gasteiger partial charge in [0, 0.05) is 37.1 Å². The summed E-state index contributed by atoms with van der Waals surface area (Å²) in [6.07, 6.45) is 5.86. The lowest BCUT2D eigenvalue weighted by atomic mass is 9.93. The summed E-state index contributed by atoms with van der Waals surface area (Å²) in [7, 11) is 0. The highest BCUT2D eigenvalue weighted by Gasteiger charge is 2.40. The Kier molecular flexibility index (Phi) is 6.55. The molecule has 2 bridgehead atoms. The molecule has 1 aliphatic heterocycles. The highest BCUT2D eigenvalue weighted by Crippen LogP contribution is 2.40. The Labute approximate surface area is 219 Å². The minimum absolute atomic E-state index is 0. The minimum Gasteiger partial charge on any atom is -0.382 e. The Hall–Kier alpha value is -3.26. The van der Waals surface area contributed by atoms with Crippen LogP contribution < -0.4 is 16.0 Å². The number of rotatable bonds is 5. The SMILES string of the molecule is CC(C)Nc1cc(-c2ccc3cc(C#N)cnn23)ncc1-c1nnc(N2C[C@H]3CC[C@@H](C2)C3N)s1.Cl. The van der Waals surface area contributed by atoms with E-state index in [1.807, 2.05) is 30.5 Å². The second-order valence-electron chi connectivity index (χ2n) is 9.80. The molecule has 0 radical (unpaired) electrons. The van der Waals surface area contributed by atoms with E-state index in [9.17, 15) is 0 Å². The van der Waals surface area contributed by atoms with Crippen molar-refractivity contribution >= 4 is 40.1 Å². The molecule has 2 aliphatic rings. The van der Waals surface area contributed by atoms with Gasteiger partial charge in [-0.2, -0.15) is 10.4 Å². The first-order chi connectivity index (χ1) is 17.0. The number of aromatic nitrogens is 5. The number of pyridine rings is 1. The topological polar surface area (TPSA) is 121 Å². The van der Waals surface area contributed by atoms with Crippen LogP contribution >= 0.6 is 23.7 Å². The number of fused-ring (bicyclic) bond motifs is 3. The van der Waals surface area contributed by atoms with E-state index in [4.69, 9.17) is 16.0 Å². The molecule has 4 aromatic heterocycles. The number of nitriles is 1. The van der Waals surface area contributed by atoms with Gasteiger partial charge in [0.25, 0.3) is 0 Å². The minimum atomic E-state index is 0. The third kappa shape index (κ3) is 4.28. The summed E-state index contributed by atoms with van der Waals surface area (Å²) >= 11 is 1.61. The van der Waals surface area contributed by atoms with E-state index in [0.717, 1.165) is 51.4 Å². The van der Waals surface area contributed by atoms with E-state index in [1.54, 1.807) is 22.0 Å². The van der Waals surface area contributed by atoms with Crippen molar-refractivity contribution in [2.75, 3.05) is 23.3 Å². The highest BCUT2D eigenvalue weighted by atomic mass is 35.5. The van der Waals surface area contributed by atoms with Crippen LogP contribution in [0.4, 0.5) is 10.8 Å². The molecule has 1 aliphatic carbocycles. The monoisotopic (exact) mass is 521 g/mol. The molecule has 0 aromatic carbocycles. The normalized spacial score (nSPS) is 21.0. The van der Waals surface area contributed by atoms with E-state index in [-0.39, 0.29) is 18.4 Å². The fourth-order valence-electron chi connectivity index (χ4n) is 5.32. The van der Waals surface area contributed by atoms with Crippen LogP contribution in [-0.4, -0.2) is 50.0 Å². The van der Waals surface area contributed by atoms with Crippen molar-refractivity contribution in [3.8, 4) is 28.0 Å². The van der Waals surface area contributed by atoms with Crippen LogP contribution in [0.2, 0.25) is 0 Å². The van der Waals surface area contributed by atoms with E-state index < -0.39 is 0 Å². The molecule has 36 heavy (non-hydrogen) atoms. The second-order valence-corrected chi connectivity index (χ2v) is 10.8. The average Bonchev–Trinajstić information content (AvgIpc) is 3.54. The molecular formula is C25H28ClN9S. The van der Waals surface area contributed by atoms with Gasteiger partial charge in [0.15, 0.2) is 5.01 Å². The maximum Gasteiger partial charge on any atom is 0.208 e. The van der Waals surface area contributed by atoms with Crippen LogP contribution in [0.1, 0.15) is 32.3 Å². The first-order valence-electron chi connectivity index (χ1n) is 12.0. The predicted octanol–water partition coefficient (Wildman–Crippen LogP) is 4.20. The summed E-state index contributed by atoms with van der Waals surface area (Å²) in [5, 5.41) is 28.1. The molecule has 0 amide bonds. The molecule has 1 saturated carbocycles. The number of hydrogen-bond donors (Lipinski definition) is 2. The molecule has 11 heteroatoms. The average molecular weight is 522 g/mol. The number of piperidine rings is 1. The van der Waals surface area contributed by atoms with Gasteiger partial charge >= 0.3 is 0 Å². The molecule has 0 spiro atoms. The Bertz CT molecular complexity index is 1430. The molecule has 186 valence electrons. The zero-order valence-corrected chi connectivity index (χ0v) is 21.8. The van der Waals surface area contributed by atoms with Gasteiger partial charge in [-0.1, -0.05) is 11.3 Å². The van der Waals surface area contributed by atoms with Gasteiger partial charge in [-0.05, 0) is 62.8 Å². The largest absolute Gasteiger partial charge is 0.382 e. The number of nitrogens with one attached hydrogen (secondary N) is 1. The van der Waals surface area contributed by atoms with Gasteiger partial charge in [-0.15, -0.1) is 22.6 Å². The van der Waals surface area contributed by atoms with E-state index in [0.29, 0.717) is 23.4 Å². The zero-order chi connectivity index (χ0) is 24.1. The molecular weight excluding hydrogens is 494 g/mol. The van der Waals surface area contributed by atoms with Crippen LogP contribution in [-0.2, 0) is 0 Å². The predicted molar refractivity (Wildman–Crippen MR) is 144 cm³/mol. The van der Waals surface area contributed by atoms with Gasteiger partial charge in [0.2, 0.25) is 5.13 Å². The maximum atomic E-state index is 9.17. The van der Waals surface area contributed by atoms with Crippen LogP contribution in [0.3, 0.4) is 0 Å². The van der Waals surface area contributed by atoms with E-state index in [2.05, 4.69) is 45.4 Å². The fourth-order valence-corrected chi connectivity index (χ4v) is 6.21. The van der Waals surface area contributed by atoms with Crippen molar-refractivity contribution in [1.29, 1.82) is 5.26 Å². The Balaban J connectivity index is 0.00000267. The molecule has 1 saturated heterocycles. The van der Waals surface area contributed by atoms with Gasteiger partial charge < -0.3 is 16.0 Å². The first kappa shape index (κ1) is 24.4. The first-order valence-corrected chi connectivity index (χ1v) is 12.8. The van der Waals surface area contributed by atoms with Gasteiger partial charge in [0.05, 0.1) is 34.2 Å². The van der Waals surface area contributed by atoms with Crippen LogP contribution in [0.5, 0.6) is 0 Å². The highest BCUT2D eigenvalue weighted by molar-refractivity contribution is 7.18. The third-order valence-corrected chi connectivity index (χ3v) is 8.08. The van der Waals surface area contributed by atoms with Gasteiger partial charge in [-0.25, -0.2) is 4.52 Å². The molecule has 3 atom stereocenters. The van der Waals surface area contributed by atoms with E-state index in [1.165, 1.54) is 12.8 Å². The number of nitrogens with zero attached hydrogens (tertiary/aromatic N) is 7. The zero-order valence-electron chi connectivity index (χ0n) is 20.1. The smallest absolute Gasteiger partial charge is 0.208 e. The molecule has 4 aromatic rings. The van der Waals surface area contributed by atoms with Crippen molar-refractivity contribution in [2.24, 2.45) is 17.6 Å². The number of nitrogens with two attached hydrogens (primary N) is 1. The second kappa shape index (κ2) is 9.65. The summed E-state index contributed by atoms with van der Waals surface area (Å²) in [6, 6.07) is 10.5. The van der Waals surface area contributed by atoms with Crippen molar-refractivity contribution in [1.82, 2.24) is 24.8 Å². The molecule has 9 nitrogen and oxygen atoms in total. The molecule has 3 N–H and O–H groups in total. The molecule has 5 heterocycles. The summed E-state index contributed by atoms with van der Waals surface area (Å²) in [5.41, 5.74) is 11.3. The summed E-state index contributed by atoms with van der Waals surface area (Å²) in [4.78, 5) is 7.13. The van der Waals surface area contributed by atoms with Gasteiger partial charge in [0.1, 0.15) is 6.07 Å². The quantitative estimate of drug-likeness (QED) is 0.400. The molecule has 1 unspecified atom stereocenters. The number of hydrogen-bond acceptors (Lipinski definition) is 9. The summed E-state index contributed by atoms with van der Waals surface area (Å²) in [5.74, 6) is 1.10. The Morgan fingerprint density at radius 1 is 1.14 bits per heavy atom. The van der Waals surface area contributed by atoms with Crippen molar-refractivity contribution in [2.45, 2.75) is 38.8 Å². The Morgan fingerprint density at radius 3 is 2.64 bits per heavy atom. The summed E-state index contributed by atoms with van der Waals surface area (Å²) in [6.45, 7) is 6.14. The molecule has 6 rings (SSSR count). The lowest BCUT2D eigenvalue weighted by Crippen LogP contribution is -2.48. The van der Waals surface area contributed by atoms with Crippen LogP contribution in [0.15, 0.2) is 36.7 Å². The molecule has 2 fully saturated rings. The van der Waals surface area contributed by atoms with Gasteiger partial charge in [-0.3, -0.25) is 4.98 Å². The lowest BCUT2D eigenvalue weighted by molar-refractivity contribution is 0.356. The van der Waals surface area contributed by atoms with E-state index >= 15 is 0 Å². The van der Waals surface area contributed by atoms with Crippen molar-refractivity contribution in [3.05, 3.63) is 42.2 Å². The van der Waals surface area contributed by atoms with Crippen molar-refractivity contribution in [3.63, 3.8) is 0 Å². The fraction of sp³-hybridized carbons (Fsp3) is 0.400. The van der Waals surface area contributed by atoms with Crippen molar-refractivity contribution < 1.29 is 0 Å². The standard InChI is InChI=1S/C25H27N9S.ClH/c1-14(2)30-20-8-21(22-6-5-18-7-15(9-26)10-29-34(18)22)28-11-19(20)24-31-32-25(35-24)33-12-16-3-4-17(13-33)23(16)27;/h5-8,10-11,14,16-17,23H,3-4,12-13,27H2,1-2H3,(H,28,30);1H/t16-,17+,23?;.